The lowest BCUT2D eigenvalue weighted by Gasteiger charge is -2.12. The van der Waals surface area contributed by atoms with Crippen LogP contribution in [0.5, 0.6) is 11.5 Å². The first-order chi connectivity index (χ1) is 9.72. The van der Waals surface area contributed by atoms with Crippen LogP contribution in [0.25, 0.3) is 0 Å². The molecule has 0 N–H and O–H groups in total. The van der Waals surface area contributed by atoms with E-state index >= 15 is 0 Å². The Balaban J connectivity index is 1.91. The lowest BCUT2D eigenvalue weighted by molar-refractivity contribution is 0.354. The van der Waals surface area contributed by atoms with E-state index in [0.29, 0.717) is 0 Å². The number of benzene rings is 1. The summed E-state index contributed by atoms with van der Waals surface area (Å²) < 4.78 is 10.7. The summed E-state index contributed by atoms with van der Waals surface area (Å²) in [5.41, 5.74) is 2.73. The van der Waals surface area contributed by atoms with Crippen LogP contribution in [0, 0.1) is 0 Å². The average Bonchev–Trinajstić information content (AvgIpc) is 3.06. The molecule has 1 aromatic carbocycles. The maximum Gasteiger partial charge on any atom is 0.161 e. The minimum Gasteiger partial charge on any atom is -0.493 e. The molecule has 1 atom stereocenters. The maximum absolute atomic E-state index is 5.38. The fourth-order valence-electron chi connectivity index (χ4n) is 2.65. The highest BCUT2D eigenvalue weighted by Gasteiger charge is 2.20. The Morgan fingerprint density at radius 1 is 1.10 bits per heavy atom. The molecule has 3 rings (SSSR count). The molecule has 1 aliphatic carbocycles. The lowest BCUT2D eigenvalue weighted by Crippen LogP contribution is -1.95. The molecule has 0 radical (unpaired) electrons. The van der Waals surface area contributed by atoms with Crippen molar-refractivity contribution < 1.29 is 9.47 Å². The summed E-state index contributed by atoms with van der Waals surface area (Å²) in [6, 6.07) is 8.45. The van der Waals surface area contributed by atoms with Crippen molar-refractivity contribution in [3.05, 3.63) is 45.1 Å². The molecule has 1 aromatic heterocycles. The first-order valence-electron chi connectivity index (χ1n) is 6.70. The van der Waals surface area contributed by atoms with E-state index < -0.39 is 0 Å². The van der Waals surface area contributed by atoms with Crippen LogP contribution < -0.4 is 9.47 Å². The van der Waals surface area contributed by atoms with Crippen molar-refractivity contribution in [2.75, 3.05) is 14.2 Å². The fraction of sp³-hybridized carbons (Fsp3) is 0.375. The second-order valence-corrected chi connectivity index (χ2v) is 7.01. The van der Waals surface area contributed by atoms with E-state index in [4.69, 9.17) is 9.47 Å². The van der Waals surface area contributed by atoms with E-state index in [1.165, 1.54) is 35.3 Å². The second-order valence-electron chi connectivity index (χ2n) is 4.93. The first kappa shape index (κ1) is 14.0. The third kappa shape index (κ3) is 2.47. The normalized spacial score (nSPS) is 14.9. The van der Waals surface area contributed by atoms with Crippen LogP contribution in [0.1, 0.15) is 32.1 Å². The van der Waals surface area contributed by atoms with Crippen molar-refractivity contribution in [2.45, 2.75) is 24.1 Å². The summed E-state index contributed by atoms with van der Waals surface area (Å²) in [6.45, 7) is 0. The van der Waals surface area contributed by atoms with Gasteiger partial charge in [0.1, 0.15) is 0 Å². The van der Waals surface area contributed by atoms with Gasteiger partial charge in [0.2, 0.25) is 0 Å². The van der Waals surface area contributed by atoms with Crippen molar-refractivity contribution in [3.63, 3.8) is 0 Å². The van der Waals surface area contributed by atoms with Crippen molar-refractivity contribution in [1.29, 1.82) is 0 Å². The quantitative estimate of drug-likeness (QED) is 0.740. The molecule has 2 aromatic rings. The molecule has 1 aliphatic rings. The van der Waals surface area contributed by atoms with Gasteiger partial charge >= 0.3 is 0 Å². The van der Waals surface area contributed by atoms with Gasteiger partial charge in [0, 0.05) is 9.75 Å². The minimum atomic E-state index is 0.220. The third-order valence-corrected chi connectivity index (χ3v) is 6.34. The second kappa shape index (κ2) is 5.78. The van der Waals surface area contributed by atoms with Gasteiger partial charge in [-0.05, 0) is 48.6 Å². The van der Waals surface area contributed by atoms with Gasteiger partial charge in [0.15, 0.2) is 11.5 Å². The number of aryl methyl sites for hydroxylation is 2. The Labute approximate surface area is 131 Å². The van der Waals surface area contributed by atoms with Gasteiger partial charge in [0.05, 0.1) is 19.0 Å². The molecule has 0 fully saturated rings. The standard InChI is InChI=1S/C16H17BrO2S/c1-18-12-7-6-11(8-13(12)19-2)16(17)15-9-10-4-3-5-14(10)20-15/h6-9,16H,3-5H2,1-2H3. The Hall–Kier alpha value is -1.00. The number of alkyl halides is 1. The molecule has 1 unspecified atom stereocenters. The first-order valence-corrected chi connectivity index (χ1v) is 8.43. The number of rotatable bonds is 4. The number of ether oxygens (including phenoxy) is 2. The van der Waals surface area contributed by atoms with Gasteiger partial charge in [-0.25, -0.2) is 0 Å². The monoisotopic (exact) mass is 352 g/mol. The van der Waals surface area contributed by atoms with Gasteiger partial charge in [-0.3, -0.25) is 0 Å². The molecule has 0 aliphatic heterocycles. The van der Waals surface area contributed by atoms with Gasteiger partial charge in [-0.2, -0.15) is 0 Å². The fourth-order valence-corrected chi connectivity index (χ4v) is 4.61. The van der Waals surface area contributed by atoms with E-state index in [1.54, 1.807) is 19.1 Å². The summed E-state index contributed by atoms with van der Waals surface area (Å²) >= 11 is 5.75. The summed E-state index contributed by atoms with van der Waals surface area (Å²) in [5.74, 6) is 1.54. The topological polar surface area (TPSA) is 18.5 Å². The minimum absolute atomic E-state index is 0.220. The number of thiophene rings is 1. The third-order valence-electron chi connectivity index (χ3n) is 3.72. The molecule has 4 heteroatoms. The number of halogens is 1. The van der Waals surface area contributed by atoms with Crippen molar-refractivity contribution in [1.82, 2.24) is 0 Å². The largest absolute Gasteiger partial charge is 0.493 e. The zero-order chi connectivity index (χ0) is 14.1. The Kier molecular flexibility index (Phi) is 4.03. The highest BCUT2D eigenvalue weighted by Crippen LogP contribution is 2.42. The van der Waals surface area contributed by atoms with Gasteiger partial charge < -0.3 is 9.47 Å². The van der Waals surface area contributed by atoms with Crippen LogP contribution in [0.3, 0.4) is 0 Å². The predicted molar refractivity (Wildman–Crippen MR) is 86.7 cm³/mol. The molecule has 0 saturated heterocycles. The average molecular weight is 353 g/mol. The summed E-state index contributed by atoms with van der Waals surface area (Å²) in [4.78, 5) is 3.16. The predicted octanol–water partition coefficient (Wildman–Crippen LogP) is 4.74. The molecule has 0 amide bonds. The zero-order valence-electron chi connectivity index (χ0n) is 11.6. The molecule has 2 nitrogen and oxygen atoms in total. The molecular formula is C16H17BrO2S. The van der Waals surface area contributed by atoms with Gasteiger partial charge in [0.25, 0.3) is 0 Å². The summed E-state index contributed by atoms with van der Waals surface area (Å²) in [5, 5.41) is 0. The lowest BCUT2D eigenvalue weighted by atomic mass is 10.1. The van der Waals surface area contributed by atoms with E-state index in [-0.39, 0.29) is 4.83 Å². The molecule has 20 heavy (non-hydrogen) atoms. The van der Waals surface area contributed by atoms with Crippen molar-refractivity contribution in [3.8, 4) is 11.5 Å². The number of hydrogen-bond donors (Lipinski definition) is 0. The molecular weight excluding hydrogens is 336 g/mol. The Morgan fingerprint density at radius 2 is 1.90 bits per heavy atom. The highest BCUT2D eigenvalue weighted by molar-refractivity contribution is 9.09. The van der Waals surface area contributed by atoms with Crippen LogP contribution in [-0.4, -0.2) is 14.2 Å². The molecule has 1 heterocycles. The molecule has 0 spiro atoms. The van der Waals surface area contributed by atoms with Crippen molar-refractivity contribution in [2.24, 2.45) is 0 Å². The SMILES string of the molecule is COc1ccc(C(Br)c2cc3c(s2)CCC3)cc1OC. The number of methoxy groups -OCH3 is 2. The van der Waals surface area contributed by atoms with E-state index in [0.717, 1.165) is 11.5 Å². The van der Waals surface area contributed by atoms with Crippen LogP contribution in [0.15, 0.2) is 24.3 Å². The highest BCUT2D eigenvalue weighted by atomic mass is 79.9. The van der Waals surface area contributed by atoms with E-state index in [2.05, 4.69) is 28.1 Å². The van der Waals surface area contributed by atoms with Crippen LogP contribution in [0.2, 0.25) is 0 Å². The summed E-state index contributed by atoms with van der Waals surface area (Å²) in [7, 11) is 3.33. The summed E-state index contributed by atoms with van der Waals surface area (Å²) in [6.07, 6.45) is 3.79. The number of fused-ring (bicyclic) bond motifs is 1. The zero-order valence-corrected chi connectivity index (χ0v) is 14.0. The van der Waals surface area contributed by atoms with Crippen LogP contribution in [0.4, 0.5) is 0 Å². The molecule has 106 valence electrons. The Bertz CT molecular complexity index is 599. The van der Waals surface area contributed by atoms with Gasteiger partial charge in [-0.1, -0.05) is 22.0 Å². The van der Waals surface area contributed by atoms with E-state index in [9.17, 15) is 0 Å². The van der Waals surface area contributed by atoms with E-state index in [1.807, 2.05) is 23.5 Å². The Morgan fingerprint density at radius 3 is 2.60 bits per heavy atom. The van der Waals surface area contributed by atoms with Crippen molar-refractivity contribution >= 4 is 27.3 Å². The maximum atomic E-state index is 5.38. The van der Waals surface area contributed by atoms with Crippen LogP contribution in [-0.2, 0) is 12.8 Å². The molecule has 0 saturated carbocycles. The number of hydrogen-bond acceptors (Lipinski definition) is 3. The molecule has 0 bridgehead atoms. The van der Waals surface area contributed by atoms with Crippen LogP contribution >= 0.6 is 27.3 Å². The smallest absolute Gasteiger partial charge is 0.161 e. The van der Waals surface area contributed by atoms with Gasteiger partial charge in [-0.15, -0.1) is 11.3 Å².